The Bertz CT molecular complexity index is 902. The minimum absolute atomic E-state index is 0.173. The van der Waals surface area contributed by atoms with Crippen LogP contribution < -0.4 is 0 Å². The van der Waals surface area contributed by atoms with E-state index in [0.717, 1.165) is 4.68 Å². The molecule has 0 spiro atoms. The molecule has 1 aromatic heterocycles. The fourth-order valence-electron chi connectivity index (χ4n) is 2.80. The van der Waals surface area contributed by atoms with Crippen LogP contribution in [0.4, 0.5) is 0 Å². The second kappa shape index (κ2) is 7.26. The van der Waals surface area contributed by atoms with Crippen molar-refractivity contribution in [2.45, 2.75) is 11.4 Å². The number of hydrogen-bond donors (Lipinski definition) is 1. The van der Waals surface area contributed by atoms with E-state index in [1.54, 1.807) is 18.2 Å². The first-order valence-corrected chi connectivity index (χ1v) is 9.41. The summed E-state index contributed by atoms with van der Waals surface area (Å²) < 4.78 is 27.7. The highest BCUT2D eigenvalue weighted by Crippen LogP contribution is 2.18. The fourth-order valence-corrected chi connectivity index (χ4v) is 4.25. The molecule has 138 valence electrons. The van der Waals surface area contributed by atoms with Crippen molar-refractivity contribution in [2.24, 2.45) is 0 Å². The highest BCUT2D eigenvalue weighted by atomic mass is 32.2. The highest BCUT2D eigenvalue weighted by Gasteiger charge is 2.31. The maximum atomic E-state index is 12.6. The second-order valence-electron chi connectivity index (χ2n) is 5.78. The monoisotopic (exact) mass is 378 g/mol. The number of benzene rings is 1. The van der Waals surface area contributed by atoms with Crippen LogP contribution in [0.5, 0.6) is 0 Å². The Balaban J connectivity index is 1.68. The second-order valence-corrected chi connectivity index (χ2v) is 7.72. The van der Waals surface area contributed by atoms with Gasteiger partial charge in [0.25, 0.3) is 5.91 Å². The van der Waals surface area contributed by atoms with Crippen molar-refractivity contribution < 1.29 is 23.1 Å². The predicted molar refractivity (Wildman–Crippen MR) is 91.0 cm³/mol. The Labute approximate surface area is 150 Å². The van der Waals surface area contributed by atoms with Gasteiger partial charge in [-0.3, -0.25) is 9.59 Å². The number of rotatable bonds is 5. The minimum Gasteiger partial charge on any atom is -0.480 e. The molecule has 2 aromatic rings. The molecular weight excluding hydrogens is 360 g/mol. The highest BCUT2D eigenvalue weighted by molar-refractivity contribution is 7.89. The molecule has 0 aliphatic carbocycles. The molecule has 1 amide bonds. The van der Waals surface area contributed by atoms with Crippen LogP contribution in [0.25, 0.3) is 0 Å². The third-order valence-electron chi connectivity index (χ3n) is 4.13. The van der Waals surface area contributed by atoms with E-state index < -0.39 is 22.5 Å². The molecule has 0 atom stereocenters. The molecule has 0 saturated carbocycles. The number of hydrogen-bond acceptors (Lipinski definition) is 5. The van der Waals surface area contributed by atoms with Crippen molar-refractivity contribution in [1.29, 1.82) is 0 Å². The largest absolute Gasteiger partial charge is 0.480 e. The minimum atomic E-state index is -3.59. The van der Waals surface area contributed by atoms with E-state index in [1.165, 1.54) is 33.6 Å². The Morgan fingerprint density at radius 1 is 1.04 bits per heavy atom. The molecule has 9 nitrogen and oxygen atoms in total. The molecule has 0 bridgehead atoms. The summed E-state index contributed by atoms with van der Waals surface area (Å²) in [7, 11) is -3.59. The van der Waals surface area contributed by atoms with E-state index in [0.29, 0.717) is 0 Å². The predicted octanol–water partition coefficient (Wildman–Crippen LogP) is 0.114. The number of aromatic nitrogens is 2. The summed E-state index contributed by atoms with van der Waals surface area (Å²) in [5, 5.41) is 12.7. The summed E-state index contributed by atoms with van der Waals surface area (Å²) in [6.45, 7) is 0.398. The molecule has 2 heterocycles. The van der Waals surface area contributed by atoms with Gasteiger partial charge in [-0.2, -0.15) is 9.40 Å². The van der Waals surface area contributed by atoms with Crippen molar-refractivity contribution >= 4 is 21.9 Å². The summed E-state index contributed by atoms with van der Waals surface area (Å²) in [5.74, 6) is -1.46. The lowest BCUT2D eigenvalue weighted by Crippen LogP contribution is -2.50. The zero-order valence-corrected chi connectivity index (χ0v) is 14.7. The Kier molecular flexibility index (Phi) is 5.05. The lowest BCUT2D eigenvalue weighted by atomic mass is 10.3. The molecule has 1 aromatic carbocycles. The number of carbonyl (C=O) groups excluding carboxylic acids is 1. The number of carbonyl (C=O) groups is 2. The molecule has 26 heavy (non-hydrogen) atoms. The van der Waals surface area contributed by atoms with Crippen molar-refractivity contribution in [3.8, 4) is 0 Å². The van der Waals surface area contributed by atoms with Gasteiger partial charge in [-0.1, -0.05) is 18.2 Å². The number of piperazine rings is 1. The average Bonchev–Trinajstić information content (AvgIpc) is 3.09. The Morgan fingerprint density at radius 2 is 1.69 bits per heavy atom. The lowest BCUT2D eigenvalue weighted by Gasteiger charge is -2.34. The van der Waals surface area contributed by atoms with E-state index >= 15 is 0 Å². The molecule has 1 aliphatic heterocycles. The van der Waals surface area contributed by atoms with Gasteiger partial charge in [-0.15, -0.1) is 0 Å². The van der Waals surface area contributed by atoms with Crippen LogP contribution in [0.2, 0.25) is 0 Å². The van der Waals surface area contributed by atoms with E-state index in [2.05, 4.69) is 5.10 Å². The Hall–Kier alpha value is -2.72. The zero-order chi connectivity index (χ0) is 18.7. The van der Waals surface area contributed by atoms with Crippen molar-refractivity contribution in [2.75, 3.05) is 26.2 Å². The van der Waals surface area contributed by atoms with Crippen LogP contribution in [0.3, 0.4) is 0 Å². The van der Waals surface area contributed by atoms with Gasteiger partial charge in [0, 0.05) is 32.4 Å². The molecule has 1 saturated heterocycles. The first-order chi connectivity index (χ1) is 12.4. The van der Waals surface area contributed by atoms with Gasteiger partial charge >= 0.3 is 5.97 Å². The lowest BCUT2D eigenvalue weighted by molar-refractivity contribution is -0.137. The standard InChI is InChI=1S/C16H18N4O5S/c21-15(22)12-20-14(6-7-17-20)16(23)18-8-10-19(11-9-18)26(24,25)13-4-2-1-3-5-13/h1-7H,8-12H2,(H,21,22). The van der Waals surface area contributed by atoms with Crippen LogP contribution in [0.15, 0.2) is 47.5 Å². The number of amides is 1. The van der Waals surface area contributed by atoms with Gasteiger partial charge in [0.1, 0.15) is 12.2 Å². The third kappa shape index (κ3) is 3.60. The number of carboxylic acids is 1. The van der Waals surface area contributed by atoms with Crippen LogP contribution in [0.1, 0.15) is 10.5 Å². The van der Waals surface area contributed by atoms with E-state index in [9.17, 15) is 18.0 Å². The molecular formula is C16H18N4O5S. The average molecular weight is 378 g/mol. The number of nitrogens with zero attached hydrogens (tertiary/aromatic N) is 4. The number of carboxylic acid groups (broad SMARTS) is 1. The first-order valence-electron chi connectivity index (χ1n) is 7.97. The Morgan fingerprint density at radius 3 is 2.31 bits per heavy atom. The molecule has 1 fully saturated rings. The maximum Gasteiger partial charge on any atom is 0.325 e. The normalized spacial score (nSPS) is 15.8. The maximum absolute atomic E-state index is 12.6. The van der Waals surface area contributed by atoms with Crippen LogP contribution in [-0.2, 0) is 21.4 Å². The van der Waals surface area contributed by atoms with Gasteiger partial charge in [-0.25, -0.2) is 13.1 Å². The van der Waals surface area contributed by atoms with Gasteiger partial charge in [0.15, 0.2) is 0 Å². The fraction of sp³-hybridized carbons (Fsp3) is 0.312. The summed E-state index contributed by atoms with van der Waals surface area (Å²) >= 11 is 0. The van der Waals surface area contributed by atoms with Crippen LogP contribution in [-0.4, -0.2) is 70.6 Å². The van der Waals surface area contributed by atoms with Crippen LogP contribution in [0, 0.1) is 0 Å². The van der Waals surface area contributed by atoms with Gasteiger partial charge in [-0.05, 0) is 18.2 Å². The van der Waals surface area contributed by atoms with E-state index in [-0.39, 0.29) is 42.7 Å². The van der Waals surface area contributed by atoms with Gasteiger partial charge in [0.05, 0.1) is 4.90 Å². The molecule has 1 N–H and O–H groups in total. The summed E-state index contributed by atoms with van der Waals surface area (Å²) in [4.78, 5) is 25.2. The third-order valence-corrected chi connectivity index (χ3v) is 6.04. The molecule has 0 unspecified atom stereocenters. The zero-order valence-electron chi connectivity index (χ0n) is 13.9. The number of sulfonamides is 1. The molecule has 3 rings (SSSR count). The van der Waals surface area contributed by atoms with Crippen molar-refractivity contribution in [3.05, 3.63) is 48.3 Å². The summed E-state index contributed by atoms with van der Waals surface area (Å²) in [6, 6.07) is 9.61. The SMILES string of the molecule is O=C(O)Cn1nccc1C(=O)N1CCN(S(=O)(=O)c2ccccc2)CC1. The van der Waals surface area contributed by atoms with Crippen LogP contribution >= 0.6 is 0 Å². The molecule has 0 radical (unpaired) electrons. The van der Waals surface area contributed by atoms with E-state index in [1.807, 2.05) is 0 Å². The van der Waals surface area contributed by atoms with Crippen molar-refractivity contribution in [3.63, 3.8) is 0 Å². The van der Waals surface area contributed by atoms with E-state index in [4.69, 9.17) is 5.11 Å². The molecule has 1 aliphatic rings. The summed E-state index contributed by atoms with van der Waals surface area (Å²) in [6.07, 6.45) is 1.37. The first kappa shape index (κ1) is 18.1. The van der Waals surface area contributed by atoms with Crippen molar-refractivity contribution in [1.82, 2.24) is 19.0 Å². The quantitative estimate of drug-likeness (QED) is 0.790. The van der Waals surface area contributed by atoms with Gasteiger partial charge < -0.3 is 10.0 Å². The van der Waals surface area contributed by atoms with Gasteiger partial charge in [0.2, 0.25) is 10.0 Å². The summed E-state index contributed by atoms with van der Waals surface area (Å²) in [5.41, 5.74) is 0.173. The molecule has 10 heteroatoms. The topological polar surface area (TPSA) is 113 Å². The number of aliphatic carboxylic acids is 1. The smallest absolute Gasteiger partial charge is 0.325 e.